The van der Waals surface area contributed by atoms with Gasteiger partial charge in [0.15, 0.2) is 0 Å². The van der Waals surface area contributed by atoms with Crippen LogP contribution in [0.25, 0.3) is 0 Å². The highest BCUT2D eigenvalue weighted by molar-refractivity contribution is 6.11. The fraction of sp³-hybridized carbons (Fsp3) is 0.556. The van der Waals surface area contributed by atoms with E-state index in [1.165, 1.54) is 5.56 Å². The number of hydrogen-bond donors (Lipinski definition) is 0. The van der Waals surface area contributed by atoms with Gasteiger partial charge in [0.1, 0.15) is 5.41 Å². The van der Waals surface area contributed by atoms with Crippen molar-refractivity contribution in [2.75, 3.05) is 24.5 Å². The normalized spacial score (nSPS) is 18.3. The number of amides is 2. The Balaban J connectivity index is 1.85. The zero-order valence-electron chi connectivity index (χ0n) is 13.5. The van der Waals surface area contributed by atoms with Crippen LogP contribution >= 0.6 is 0 Å². The van der Waals surface area contributed by atoms with Crippen molar-refractivity contribution in [1.82, 2.24) is 4.90 Å². The maximum atomic E-state index is 13.1. The number of para-hydroxylation sites is 1. The summed E-state index contributed by atoms with van der Waals surface area (Å²) >= 11 is 0. The van der Waals surface area contributed by atoms with Gasteiger partial charge in [0.25, 0.3) is 0 Å². The molecule has 2 amide bonds. The van der Waals surface area contributed by atoms with Gasteiger partial charge in [-0.2, -0.15) is 0 Å². The molecule has 1 fully saturated rings. The van der Waals surface area contributed by atoms with E-state index in [9.17, 15) is 9.59 Å². The van der Waals surface area contributed by atoms with Crippen molar-refractivity contribution in [3.05, 3.63) is 29.8 Å². The molecule has 22 heavy (non-hydrogen) atoms. The number of nitrogens with zero attached hydrogens (tertiary/aromatic N) is 2. The highest BCUT2D eigenvalue weighted by atomic mass is 16.2. The minimum Gasteiger partial charge on any atom is -0.342 e. The molecule has 118 valence electrons. The maximum Gasteiger partial charge on any atom is 0.242 e. The number of aryl methyl sites for hydroxylation is 1. The summed E-state index contributed by atoms with van der Waals surface area (Å²) in [4.78, 5) is 29.5. The van der Waals surface area contributed by atoms with Gasteiger partial charge in [-0.05, 0) is 51.2 Å². The molecule has 0 N–H and O–H groups in total. The first-order chi connectivity index (χ1) is 10.5. The van der Waals surface area contributed by atoms with Gasteiger partial charge < -0.3 is 9.80 Å². The number of carbonyl (C=O) groups is 2. The molecule has 0 spiro atoms. The molecular formula is C18H24N2O2. The van der Waals surface area contributed by atoms with Crippen LogP contribution in [0.15, 0.2) is 24.3 Å². The lowest BCUT2D eigenvalue weighted by atomic mass is 9.88. The van der Waals surface area contributed by atoms with Gasteiger partial charge in [-0.25, -0.2) is 0 Å². The van der Waals surface area contributed by atoms with E-state index in [1.54, 1.807) is 13.8 Å². The zero-order valence-corrected chi connectivity index (χ0v) is 13.5. The minimum absolute atomic E-state index is 0.0296. The molecule has 1 aromatic rings. The summed E-state index contributed by atoms with van der Waals surface area (Å²) < 4.78 is 0. The number of carbonyl (C=O) groups excluding carboxylic acids is 2. The molecule has 0 radical (unpaired) electrons. The second-order valence-corrected chi connectivity index (χ2v) is 6.81. The topological polar surface area (TPSA) is 40.6 Å². The lowest BCUT2D eigenvalue weighted by molar-refractivity contribution is -0.146. The van der Waals surface area contributed by atoms with Crippen molar-refractivity contribution < 1.29 is 9.59 Å². The average Bonchev–Trinajstić information content (AvgIpc) is 3.07. The Kier molecular flexibility index (Phi) is 3.94. The first-order valence-corrected chi connectivity index (χ1v) is 8.21. The number of likely N-dealkylation sites (tertiary alicyclic amines) is 1. The highest BCUT2D eigenvalue weighted by Gasteiger charge is 2.43. The largest absolute Gasteiger partial charge is 0.342 e. The van der Waals surface area contributed by atoms with Crippen molar-refractivity contribution in [3.8, 4) is 0 Å². The van der Waals surface area contributed by atoms with Crippen LogP contribution in [0.1, 0.15) is 38.7 Å². The average molecular weight is 300 g/mol. The van der Waals surface area contributed by atoms with Gasteiger partial charge in [-0.15, -0.1) is 0 Å². The lowest BCUT2D eigenvalue weighted by Gasteiger charge is -2.36. The van der Waals surface area contributed by atoms with Crippen molar-refractivity contribution in [1.29, 1.82) is 0 Å². The third-order valence-electron chi connectivity index (χ3n) is 4.82. The molecule has 0 atom stereocenters. The number of anilines is 1. The Hall–Kier alpha value is -1.84. The lowest BCUT2D eigenvalue weighted by Crippen LogP contribution is -2.51. The Morgan fingerprint density at radius 1 is 0.955 bits per heavy atom. The number of hydrogen-bond acceptors (Lipinski definition) is 2. The summed E-state index contributed by atoms with van der Waals surface area (Å²) in [6.07, 6.45) is 4.04. The monoisotopic (exact) mass is 300 g/mol. The molecule has 0 bridgehead atoms. The Bertz CT molecular complexity index is 589. The second kappa shape index (κ2) is 5.75. The first kappa shape index (κ1) is 15.1. The Morgan fingerprint density at radius 3 is 2.36 bits per heavy atom. The molecule has 0 unspecified atom stereocenters. The van der Waals surface area contributed by atoms with Gasteiger partial charge in [-0.1, -0.05) is 18.2 Å². The molecule has 2 aliphatic heterocycles. The SMILES string of the molecule is CC(C)(C(=O)N1CCCC1)C(=O)N1CCCc2ccccc21. The predicted molar refractivity (Wildman–Crippen MR) is 86.7 cm³/mol. The first-order valence-electron chi connectivity index (χ1n) is 8.21. The number of rotatable bonds is 2. The van der Waals surface area contributed by atoms with Gasteiger partial charge in [0.05, 0.1) is 0 Å². The Morgan fingerprint density at radius 2 is 1.64 bits per heavy atom. The fourth-order valence-corrected chi connectivity index (χ4v) is 3.49. The van der Waals surface area contributed by atoms with Gasteiger partial charge in [-0.3, -0.25) is 9.59 Å². The van der Waals surface area contributed by atoms with E-state index >= 15 is 0 Å². The van der Waals surface area contributed by atoms with Crippen LogP contribution in [-0.4, -0.2) is 36.3 Å². The summed E-state index contributed by atoms with van der Waals surface area (Å²) in [6.45, 7) is 5.81. The summed E-state index contributed by atoms with van der Waals surface area (Å²) in [7, 11) is 0. The van der Waals surface area contributed by atoms with Crippen molar-refractivity contribution >= 4 is 17.5 Å². The molecule has 2 aliphatic rings. The third kappa shape index (κ3) is 2.51. The van der Waals surface area contributed by atoms with E-state index in [0.29, 0.717) is 6.54 Å². The molecule has 0 aliphatic carbocycles. The number of fused-ring (bicyclic) bond motifs is 1. The molecule has 2 heterocycles. The number of benzene rings is 1. The summed E-state index contributed by atoms with van der Waals surface area (Å²) in [6, 6.07) is 8.03. The van der Waals surface area contributed by atoms with Crippen LogP contribution in [-0.2, 0) is 16.0 Å². The molecule has 0 aromatic heterocycles. The molecule has 0 saturated carbocycles. The van der Waals surface area contributed by atoms with E-state index in [4.69, 9.17) is 0 Å². The van der Waals surface area contributed by atoms with Crippen LogP contribution in [0, 0.1) is 5.41 Å². The molecule has 4 nitrogen and oxygen atoms in total. The van der Waals surface area contributed by atoms with E-state index in [-0.39, 0.29) is 11.8 Å². The van der Waals surface area contributed by atoms with Gasteiger partial charge in [0, 0.05) is 25.3 Å². The summed E-state index contributed by atoms with van der Waals surface area (Å²) in [5.41, 5.74) is 1.18. The van der Waals surface area contributed by atoms with Gasteiger partial charge >= 0.3 is 0 Å². The smallest absolute Gasteiger partial charge is 0.242 e. The van der Waals surface area contributed by atoms with Crippen LogP contribution in [0.4, 0.5) is 5.69 Å². The second-order valence-electron chi connectivity index (χ2n) is 6.81. The van der Waals surface area contributed by atoms with Crippen molar-refractivity contribution in [2.24, 2.45) is 5.41 Å². The fourth-order valence-electron chi connectivity index (χ4n) is 3.49. The van der Waals surface area contributed by atoms with E-state index < -0.39 is 5.41 Å². The molecule has 1 aromatic carbocycles. The van der Waals surface area contributed by atoms with Gasteiger partial charge in [0.2, 0.25) is 11.8 Å². The van der Waals surface area contributed by atoms with Crippen LogP contribution in [0.3, 0.4) is 0 Å². The van der Waals surface area contributed by atoms with Crippen LogP contribution < -0.4 is 4.90 Å². The summed E-state index contributed by atoms with van der Waals surface area (Å²) in [5, 5.41) is 0. The molecule has 3 rings (SSSR count). The highest BCUT2D eigenvalue weighted by Crippen LogP contribution is 2.32. The quantitative estimate of drug-likeness (QED) is 0.788. The molecule has 4 heteroatoms. The van der Waals surface area contributed by atoms with E-state index in [2.05, 4.69) is 6.07 Å². The third-order valence-corrected chi connectivity index (χ3v) is 4.82. The van der Waals surface area contributed by atoms with E-state index in [0.717, 1.165) is 44.5 Å². The summed E-state index contributed by atoms with van der Waals surface area (Å²) in [5.74, 6) is -0.102. The van der Waals surface area contributed by atoms with Crippen LogP contribution in [0.5, 0.6) is 0 Å². The minimum atomic E-state index is -0.991. The predicted octanol–water partition coefficient (Wildman–Crippen LogP) is 2.61. The molecule has 1 saturated heterocycles. The van der Waals surface area contributed by atoms with Crippen molar-refractivity contribution in [2.45, 2.75) is 39.5 Å². The van der Waals surface area contributed by atoms with Crippen LogP contribution in [0.2, 0.25) is 0 Å². The Labute approximate surface area is 132 Å². The standard InChI is InChI=1S/C18H24N2O2/c1-18(2,16(21)19-11-5-6-12-19)17(22)20-13-7-9-14-8-3-4-10-15(14)20/h3-4,8,10H,5-7,9,11-13H2,1-2H3. The molecular weight excluding hydrogens is 276 g/mol. The van der Waals surface area contributed by atoms with Crippen molar-refractivity contribution in [3.63, 3.8) is 0 Å². The van der Waals surface area contributed by atoms with E-state index in [1.807, 2.05) is 28.0 Å². The zero-order chi connectivity index (χ0) is 15.7. The maximum absolute atomic E-state index is 13.1.